The van der Waals surface area contributed by atoms with Crippen LogP contribution in [0.25, 0.3) is 94.4 Å². The maximum Gasteiger partial charge on any atom is 0.252 e. The number of nitrogens with two attached hydrogens (primary N) is 2. The standard InChI is InChI=1S/C24H21N9S.C22H28N8O2S2.C19H18N8S2.C18H20N8S/c1-31-13-17(11-28-31)21-12-27-24-23(29-18-2-4-19(5-3-18)32-8-7-26-15-32)30-20(14-33(21)24)22-16(10-25)6-9-34-22;1-14-7-19(33-22(14)34(31,32)28(2)3)27-20-21-24-11-18(16-10-25-29(4)12-16)30(21)13-17(26-20)8-15-5-6-23-9-15;1-11-5-16(29-25-11)24-18-19-21-8-15(13-7-22-26(2)9-13)27(19)10-14(23-18)17-12(6-20)3-4-28-17;1-11-4-16(27-25-11)24-17-18-20-9-15(13-7-21-22-8-13)26(18)10-14(23-17)5-12-2-3-19-6-12/h2-9,11-15H,10,25H2,1H3,(H,29,30);7,10-13,15,23H,5-6,8-9H2,1-4H3,(H,26,27);3-5,7-10H,6,20H2,1-2H3,(H,23,24);4,7-10,12,19H,2-3,5-6H2,1H3,(H,21,22)(H,23,24). The number of aromatic amines is 1. The summed E-state index contributed by atoms with van der Waals surface area (Å²) in [6.45, 7) is 10.8. The Hall–Kier alpha value is -12.9. The molecule has 2 aliphatic heterocycles. The number of fused-ring (bicyclic) bond motifs is 4. The Balaban J connectivity index is 0.000000113. The first kappa shape index (κ1) is 82.0. The fraction of sp³-hybridized carbons (Fsp3) is 0.241. The molecule has 41 heteroatoms. The maximum atomic E-state index is 12.7. The van der Waals surface area contributed by atoms with Crippen LogP contribution in [-0.4, -0.2) is 168 Å². The second-order valence-corrected chi connectivity index (χ2v) is 37.1. The summed E-state index contributed by atoms with van der Waals surface area (Å²) in [5.74, 6) is 3.86. The highest BCUT2D eigenvalue weighted by Crippen LogP contribution is 2.40. The summed E-state index contributed by atoms with van der Waals surface area (Å²) >= 11 is 7.30. The van der Waals surface area contributed by atoms with Crippen LogP contribution >= 0.6 is 57.1 Å². The SMILES string of the molecule is Cc1cc(Nc2nc(-c3sccc3CN)cn3c(-c4cnn(C)c4)cnc23)sn1.Cc1cc(Nc2nc(CC3CCNC3)cn3c(-c4cn[nH]c4)cnc23)sn1.Cc1cc(Nc2nc(CC3CCNC3)cn3c(-c4cnn(C)c4)cnc23)sc1S(=O)(=O)N(C)C.Cn1cc(-c2cnc3c(Nc4ccc(-n5ccnc5)cc4)nc(-c4sccc4CN)cn23)cn1. The van der Waals surface area contributed by atoms with Crippen LogP contribution in [0.1, 0.15) is 52.3 Å². The molecule has 0 bridgehead atoms. The number of rotatable bonds is 23. The number of thiophene rings is 3. The van der Waals surface area contributed by atoms with Gasteiger partial charge in [0.25, 0.3) is 10.0 Å². The number of nitrogens with zero attached hydrogens (tertiary/aromatic N) is 24. The van der Waals surface area contributed by atoms with Crippen molar-refractivity contribution in [2.75, 3.05) is 61.5 Å². The smallest absolute Gasteiger partial charge is 0.252 e. The van der Waals surface area contributed by atoms with Crippen LogP contribution in [-0.2, 0) is 57.1 Å². The largest absolute Gasteiger partial charge is 0.337 e. The molecule has 2 atom stereocenters. The van der Waals surface area contributed by atoms with Crippen molar-refractivity contribution < 1.29 is 8.42 Å². The number of H-pyrrole nitrogens is 1. The van der Waals surface area contributed by atoms with E-state index in [9.17, 15) is 8.42 Å². The second kappa shape index (κ2) is 35.5. The maximum absolute atomic E-state index is 12.7. The van der Waals surface area contributed by atoms with Crippen molar-refractivity contribution >= 4 is 134 Å². The van der Waals surface area contributed by atoms with Crippen LogP contribution in [0, 0.1) is 32.6 Å². The number of hydrogen-bond acceptors (Lipinski definition) is 30. The number of hydrogen-bond donors (Lipinski definition) is 9. The van der Waals surface area contributed by atoms with Gasteiger partial charge in [0.15, 0.2) is 45.9 Å². The van der Waals surface area contributed by atoms with Gasteiger partial charge in [0, 0.05) is 144 Å². The van der Waals surface area contributed by atoms with E-state index in [1.54, 1.807) is 70.3 Å². The second-order valence-electron chi connectivity index (χ2n) is 30.3. The molecular formula is C83H87N33O2S6. The predicted octanol–water partition coefficient (Wildman–Crippen LogP) is 13.5. The van der Waals surface area contributed by atoms with Crippen molar-refractivity contribution in [1.82, 2.24) is 130 Å². The third-order valence-electron chi connectivity index (χ3n) is 21.1. The van der Waals surface area contributed by atoms with E-state index < -0.39 is 10.0 Å². The lowest BCUT2D eigenvalue weighted by molar-refractivity contribution is 0.522. The Morgan fingerprint density at radius 2 is 0.992 bits per heavy atom. The highest BCUT2D eigenvalue weighted by molar-refractivity contribution is 7.91. The van der Waals surface area contributed by atoms with E-state index in [2.05, 4.69) is 112 Å². The monoisotopic (exact) mass is 1770 g/mol. The van der Waals surface area contributed by atoms with Gasteiger partial charge in [-0.1, -0.05) is 0 Å². The van der Waals surface area contributed by atoms with Gasteiger partial charge in [-0.2, -0.15) is 29.1 Å². The van der Waals surface area contributed by atoms with Crippen LogP contribution in [0.3, 0.4) is 0 Å². The van der Waals surface area contributed by atoms with Gasteiger partial charge in [-0.05, 0) is 190 Å². The lowest BCUT2D eigenvalue weighted by Gasteiger charge is -2.12. The molecule has 0 aliphatic carbocycles. The first-order valence-electron chi connectivity index (χ1n) is 39.8. The third-order valence-corrected chi connectivity index (χ3v) is 28.2. The van der Waals surface area contributed by atoms with E-state index in [4.69, 9.17) is 36.4 Å². The Kier molecular flexibility index (Phi) is 23.5. The summed E-state index contributed by atoms with van der Waals surface area (Å²) in [6, 6.07) is 18.0. The molecule has 0 radical (unpaired) electrons. The zero-order valence-electron chi connectivity index (χ0n) is 68.7. The van der Waals surface area contributed by atoms with E-state index in [0.29, 0.717) is 62.8 Å². The van der Waals surface area contributed by atoms with Crippen molar-refractivity contribution in [3.05, 3.63) is 223 Å². The van der Waals surface area contributed by atoms with E-state index in [-0.39, 0.29) is 0 Å². The third kappa shape index (κ3) is 17.5. The first-order chi connectivity index (χ1) is 60.3. The number of aromatic nitrogens is 24. The average molecular weight is 1770 g/mol. The summed E-state index contributed by atoms with van der Waals surface area (Å²) in [6.07, 6.45) is 40.2. The molecule has 2 aliphatic rings. The molecule has 2 unspecified atom stereocenters. The number of aryl methyl sites for hydroxylation is 6. The lowest BCUT2D eigenvalue weighted by atomic mass is 10.0. The zero-order chi connectivity index (χ0) is 85.3. The highest BCUT2D eigenvalue weighted by Gasteiger charge is 2.28. The van der Waals surface area contributed by atoms with Crippen molar-refractivity contribution in [3.63, 3.8) is 0 Å². The van der Waals surface area contributed by atoms with Crippen LogP contribution < -0.4 is 43.4 Å². The van der Waals surface area contributed by atoms with Gasteiger partial charge in [0.05, 0.1) is 128 Å². The van der Waals surface area contributed by atoms with Gasteiger partial charge in [0.1, 0.15) is 14.2 Å². The van der Waals surface area contributed by atoms with Gasteiger partial charge >= 0.3 is 0 Å². The molecule has 0 spiro atoms. The van der Waals surface area contributed by atoms with E-state index in [0.717, 1.165) is 190 Å². The Labute approximate surface area is 731 Å². The molecule has 2 fully saturated rings. The molecule has 2 saturated heterocycles. The number of sulfonamides is 1. The van der Waals surface area contributed by atoms with Gasteiger partial charge in [-0.3, -0.25) is 36.7 Å². The number of benzene rings is 1. The summed E-state index contributed by atoms with van der Waals surface area (Å²) in [5, 5.41) is 47.0. The van der Waals surface area contributed by atoms with Crippen LogP contribution in [0.2, 0.25) is 0 Å². The minimum atomic E-state index is -3.52. The lowest BCUT2D eigenvalue weighted by Crippen LogP contribution is -2.21. The summed E-state index contributed by atoms with van der Waals surface area (Å²) in [4.78, 5) is 44.5. The molecule has 632 valence electrons. The van der Waals surface area contributed by atoms with Gasteiger partial charge in [0.2, 0.25) is 0 Å². The minimum Gasteiger partial charge on any atom is -0.337 e. The Morgan fingerprint density at radius 3 is 1.40 bits per heavy atom. The quantitative estimate of drug-likeness (QED) is 0.0287. The molecule has 20 heterocycles. The molecule has 21 rings (SSSR count). The molecule has 18 aromatic heterocycles. The van der Waals surface area contributed by atoms with E-state index >= 15 is 0 Å². The fourth-order valence-corrected chi connectivity index (χ4v) is 20.8. The first-order valence-corrected chi connectivity index (χ1v) is 45.3. The summed E-state index contributed by atoms with van der Waals surface area (Å²) in [7, 11) is 5.25. The normalized spacial score (nSPS) is 14.1. The zero-order valence-corrected chi connectivity index (χ0v) is 73.6. The molecule has 124 heavy (non-hydrogen) atoms. The molecule has 11 N–H and O–H groups in total. The predicted molar refractivity (Wildman–Crippen MR) is 488 cm³/mol. The molecule has 0 saturated carbocycles. The van der Waals surface area contributed by atoms with Crippen molar-refractivity contribution in [1.29, 1.82) is 0 Å². The van der Waals surface area contributed by atoms with Crippen LogP contribution in [0.4, 0.5) is 44.0 Å². The topological polar surface area (TPSA) is 408 Å². The molecule has 35 nitrogen and oxygen atoms in total. The average Bonchev–Trinajstić information content (AvgIpc) is 1.65. The van der Waals surface area contributed by atoms with Crippen LogP contribution in [0.15, 0.2) is 187 Å². The summed E-state index contributed by atoms with van der Waals surface area (Å²) in [5.41, 5.74) is 33.1. The molecule has 19 aromatic rings. The van der Waals surface area contributed by atoms with Crippen molar-refractivity contribution in [2.45, 2.75) is 63.8 Å². The van der Waals surface area contributed by atoms with Crippen molar-refractivity contribution in [2.24, 2.45) is 44.4 Å². The van der Waals surface area contributed by atoms with Gasteiger partial charge in [-0.15, -0.1) is 34.0 Å². The van der Waals surface area contributed by atoms with Gasteiger partial charge < -0.3 is 47.9 Å². The number of anilines is 8. The summed E-state index contributed by atoms with van der Waals surface area (Å²) < 4.78 is 51.2. The number of nitrogens with one attached hydrogen (secondary N) is 7. The Morgan fingerprint density at radius 1 is 0.532 bits per heavy atom. The number of imidazole rings is 5. The highest BCUT2D eigenvalue weighted by atomic mass is 32.2. The Bertz CT molecular complexity index is 7050. The van der Waals surface area contributed by atoms with Gasteiger partial charge in [-0.25, -0.2) is 57.6 Å². The minimum absolute atomic E-state index is 0.323. The van der Waals surface area contributed by atoms with E-state index in [1.807, 2.05) is 202 Å². The van der Waals surface area contributed by atoms with Crippen LogP contribution in [0.5, 0.6) is 0 Å². The fourth-order valence-electron chi connectivity index (χ4n) is 14.9. The van der Waals surface area contributed by atoms with Crippen molar-refractivity contribution in [3.8, 4) is 71.9 Å². The molecule has 0 amide bonds. The molecule has 1 aromatic carbocycles. The van der Waals surface area contributed by atoms with E-state index in [1.165, 1.54) is 45.1 Å². The molecular weight excluding hydrogens is 1680 g/mol.